The van der Waals surface area contributed by atoms with Crippen molar-refractivity contribution in [2.24, 2.45) is 5.73 Å². The lowest BCUT2D eigenvalue weighted by atomic mass is 9.68. The van der Waals surface area contributed by atoms with E-state index >= 15 is 0 Å². The van der Waals surface area contributed by atoms with Gasteiger partial charge < -0.3 is 25.6 Å². The van der Waals surface area contributed by atoms with Gasteiger partial charge in [0.2, 0.25) is 5.60 Å². The second-order valence-corrected chi connectivity index (χ2v) is 10.2. The van der Waals surface area contributed by atoms with E-state index in [1.165, 1.54) is 24.3 Å². The molecule has 1 atom stereocenters. The number of primary amides is 1. The maximum Gasteiger partial charge on any atom is 0.423 e. The van der Waals surface area contributed by atoms with Crippen molar-refractivity contribution >= 4 is 12.0 Å². The summed E-state index contributed by atoms with van der Waals surface area (Å²) in [4.78, 5) is 26.6. The number of nitrogens with zero attached hydrogens (tertiary/aromatic N) is 1. The highest BCUT2D eigenvalue weighted by Crippen LogP contribution is 2.44. The van der Waals surface area contributed by atoms with Crippen molar-refractivity contribution in [2.45, 2.75) is 67.8 Å². The molecule has 11 heteroatoms. The van der Waals surface area contributed by atoms with E-state index < -0.39 is 41.3 Å². The molecule has 2 aliphatic carbocycles. The molecule has 2 aromatic carbocycles. The minimum atomic E-state index is -5.09. The minimum Gasteiger partial charge on any atom is -0.449 e. The van der Waals surface area contributed by atoms with Crippen LogP contribution in [0, 0.1) is 5.82 Å². The van der Waals surface area contributed by atoms with Gasteiger partial charge in [-0.2, -0.15) is 13.2 Å². The zero-order valence-electron chi connectivity index (χ0n) is 20.6. The van der Waals surface area contributed by atoms with E-state index in [1.54, 1.807) is 17.0 Å². The molecular weight excluding hydrogens is 508 g/mol. The summed E-state index contributed by atoms with van der Waals surface area (Å²) < 4.78 is 58.6. The highest BCUT2D eigenvalue weighted by Gasteiger charge is 2.54. The van der Waals surface area contributed by atoms with Gasteiger partial charge in [0.1, 0.15) is 12.4 Å². The van der Waals surface area contributed by atoms with Gasteiger partial charge in [0.15, 0.2) is 0 Å². The number of halogens is 4. The van der Waals surface area contributed by atoms with Gasteiger partial charge in [-0.15, -0.1) is 0 Å². The largest absolute Gasteiger partial charge is 0.449 e. The van der Waals surface area contributed by atoms with E-state index in [2.05, 4.69) is 0 Å². The number of hydrogen-bond acceptors (Lipinski definition) is 5. The molecule has 2 aliphatic rings. The number of carbonyl (C=O) groups is 2. The molecule has 2 saturated carbocycles. The Bertz CT molecular complexity index is 1140. The lowest BCUT2D eigenvalue weighted by molar-refractivity contribution is -0.277. The maximum atomic E-state index is 13.5. The van der Waals surface area contributed by atoms with E-state index in [0.29, 0.717) is 25.7 Å². The minimum absolute atomic E-state index is 0.0110. The number of nitrogens with two attached hydrogens (primary N) is 1. The summed E-state index contributed by atoms with van der Waals surface area (Å²) in [5.41, 5.74) is 1.61. The fraction of sp³-hybridized carbons (Fsp3) is 0.481. The highest BCUT2D eigenvalue weighted by atomic mass is 19.4. The predicted octanol–water partition coefficient (Wildman–Crippen LogP) is 4.15. The third-order valence-electron chi connectivity index (χ3n) is 7.73. The van der Waals surface area contributed by atoms with Crippen LogP contribution in [-0.2, 0) is 15.8 Å². The fourth-order valence-corrected chi connectivity index (χ4v) is 5.33. The molecule has 7 nitrogen and oxygen atoms in total. The molecule has 0 aromatic heterocycles. The van der Waals surface area contributed by atoms with Crippen LogP contribution in [0.15, 0.2) is 48.5 Å². The Morgan fingerprint density at radius 2 is 1.53 bits per heavy atom. The standard InChI is InChI=1S/C27H30F4N2O5/c28-20-7-5-18(6-8-20)25(16-38-24(32)36)13-11-22(12-14-25)33(21-9-10-21)23(35)17-1-3-19(4-2-17)26(37,15-34)27(29,30)31/h1-8,21-22,34,37H,9-16H2,(H2,32,36)/t22-,25+,26?. The first-order valence-corrected chi connectivity index (χ1v) is 12.4. The van der Waals surface area contributed by atoms with Gasteiger partial charge in [0.25, 0.3) is 5.91 Å². The van der Waals surface area contributed by atoms with Crippen LogP contribution in [0.25, 0.3) is 0 Å². The van der Waals surface area contributed by atoms with E-state index in [1.807, 2.05) is 0 Å². The van der Waals surface area contributed by atoms with Gasteiger partial charge in [-0.3, -0.25) is 4.79 Å². The third kappa shape index (κ3) is 5.49. The Morgan fingerprint density at radius 1 is 0.974 bits per heavy atom. The summed E-state index contributed by atoms with van der Waals surface area (Å²) in [7, 11) is 0. The molecule has 0 radical (unpaired) electrons. The van der Waals surface area contributed by atoms with Crippen molar-refractivity contribution in [3.05, 3.63) is 71.0 Å². The van der Waals surface area contributed by atoms with Gasteiger partial charge in [0, 0.05) is 23.1 Å². The second kappa shape index (κ2) is 10.5. The Labute approximate surface area is 217 Å². The number of alkyl halides is 3. The lowest BCUT2D eigenvalue weighted by Crippen LogP contribution is -2.48. The molecule has 4 N–H and O–H groups in total. The van der Waals surface area contributed by atoms with Crippen molar-refractivity contribution < 1.29 is 42.1 Å². The normalized spacial score (nSPS) is 23.4. The number of amides is 2. The Balaban J connectivity index is 1.53. The summed E-state index contributed by atoms with van der Waals surface area (Å²) >= 11 is 0. The monoisotopic (exact) mass is 538 g/mol. The summed E-state index contributed by atoms with van der Waals surface area (Å²) in [6, 6.07) is 10.3. The number of ether oxygens (including phenoxy) is 1. The first kappa shape index (κ1) is 27.8. The van der Waals surface area contributed by atoms with Crippen molar-refractivity contribution in [1.29, 1.82) is 0 Å². The van der Waals surface area contributed by atoms with E-state index in [9.17, 15) is 37.4 Å². The Kier molecular flexibility index (Phi) is 7.72. The van der Waals surface area contributed by atoms with E-state index in [-0.39, 0.29) is 30.2 Å². The topological polar surface area (TPSA) is 113 Å². The summed E-state index contributed by atoms with van der Waals surface area (Å²) in [6.07, 6.45) is -2.16. The van der Waals surface area contributed by atoms with Crippen LogP contribution in [0.3, 0.4) is 0 Å². The van der Waals surface area contributed by atoms with Gasteiger partial charge in [-0.05, 0) is 73.9 Å². The van der Waals surface area contributed by atoms with Gasteiger partial charge in [0.05, 0.1) is 6.61 Å². The summed E-state index contributed by atoms with van der Waals surface area (Å²) in [5, 5.41) is 19.2. The summed E-state index contributed by atoms with van der Waals surface area (Å²) in [6.45, 7) is -1.53. The number of aliphatic hydroxyl groups excluding tert-OH is 1. The molecule has 2 fully saturated rings. The van der Waals surface area contributed by atoms with E-state index in [4.69, 9.17) is 10.5 Å². The Morgan fingerprint density at radius 3 is 2.00 bits per heavy atom. The molecule has 1 unspecified atom stereocenters. The zero-order chi connectivity index (χ0) is 27.7. The van der Waals surface area contributed by atoms with Gasteiger partial charge in [-0.1, -0.05) is 24.3 Å². The lowest BCUT2D eigenvalue weighted by Gasteiger charge is -2.43. The number of rotatable bonds is 8. The average molecular weight is 539 g/mol. The van der Waals surface area contributed by atoms with Crippen LogP contribution in [0.4, 0.5) is 22.4 Å². The Hall–Kier alpha value is -3.18. The first-order chi connectivity index (χ1) is 17.9. The van der Waals surface area contributed by atoms with Crippen LogP contribution < -0.4 is 5.73 Å². The van der Waals surface area contributed by atoms with Gasteiger partial charge >= 0.3 is 12.3 Å². The zero-order valence-corrected chi connectivity index (χ0v) is 20.6. The molecule has 2 aromatic rings. The highest BCUT2D eigenvalue weighted by molar-refractivity contribution is 5.95. The molecule has 0 aliphatic heterocycles. The number of hydrogen-bond donors (Lipinski definition) is 3. The van der Waals surface area contributed by atoms with Crippen molar-refractivity contribution in [2.75, 3.05) is 13.2 Å². The SMILES string of the molecule is NC(=O)OC[C@]1(c2ccc(F)cc2)CC[C@@H](N(C(=O)c2ccc(C(O)(CO)C(F)(F)F)cc2)C2CC2)CC1. The quantitative estimate of drug-likeness (QED) is 0.437. The first-order valence-electron chi connectivity index (χ1n) is 12.4. The molecule has 38 heavy (non-hydrogen) atoms. The third-order valence-corrected chi connectivity index (χ3v) is 7.73. The van der Waals surface area contributed by atoms with Crippen molar-refractivity contribution in [3.63, 3.8) is 0 Å². The van der Waals surface area contributed by atoms with Crippen molar-refractivity contribution in [1.82, 2.24) is 4.90 Å². The number of carbonyl (C=O) groups excluding carboxylic acids is 2. The molecule has 2 amide bonds. The van der Waals surface area contributed by atoms with E-state index in [0.717, 1.165) is 30.5 Å². The molecule has 0 bridgehead atoms. The van der Waals surface area contributed by atoms with Crippen LogP contribution in [0.1, 0.15) is 60.0 Å². The molecule has 0 spiro atoms. The predicted molar refractivity (Wildman–Crippen MR) is 129 cm³/mol. The maximum absolute atomic E-state index is 13.5. The van der Waals surface area contributed by atoms with Crippen molar-refractivity contribution in [3.8, 4) is 0 Å². The summed E-state index contributed by atoms with van der Waals surface area (Å²) in [5.74, 6) is -0.719. The van der Waals surface area contributed by atoms with Crippen LogP contribution in [-0.4, -0.2) is 58.6 Å². The molecule has 206 valence electrons. The molecular formula is C27H30F4N2O5. The second-order valence-electron chi connectivity index (χ2n) is 10.2. The number of benzene rings is 2. The van der Waals surface area contributed by atoms with Crippen LogP contribution in [0.5, 0.6) is 0 Å². The number of aliphatic hydroxyl groups is 2. The van der Waals surface area contributed by atoms with Gasteiger partial charge in [-0.25, -0.2) is 9.18 Å². The molecule has 4 rings (SSSR count). The molecule has 0 saturated heterocycles. The average Bonchev–Trinajstić information content (AvgIpc) is 3.73. The smallest absolute Gasteiger partial charge is 0.423 e. The van der Waals surface area contributed by atoms with Crippen LogP contribution >= 0.6 is 0 Å². The molecule has 0 heterocycles. The fourth-order valence-electron chi connectivity index (χ4n) is 5.33. The van der Waals surface area contributed by atoms with Crippen LogP contribution in [0.2, 0.25) is 0 Å².